The Hall–Kier alpha value is -3.02. The van der Waals surface area contributed by atoms with Gasteiger partial charge in [-0.25, -0.2) is 0 Å². The fourth-order valence-corrected chi connectivity index (χ4v) is 2.42. The van der Waals surface area contributed by atoms with E-state index in [2.05, 4.69) is 5.32 Å². The summed E-state index contributed by atoms with van der Waals surface area (Å²) in [6.45, 7) is 3.20. The molecule has 0 saturated carbocycles. The number of rotatable bonds is 6. The first-order chi connectivity index (χ1) is 12.0. The second-order valence-corrected chi connectivity index (χ2v) is 5.51. The highest BCUT2D eigenvalue weighted by Crippen LogP contribution is 2.32. The summed E-state index contributed by atoms with van der Waals surface area (Å²) in [5, 5.41) is 2.83. The van der Waals surface area contributed by atoms with Crippen LogP contribution in [-0.2, 0) is 9.59 Å². The predicted octanol–water partition coefficient (Wildman–Crippen LogP) is 3.00. The van der Waals surface area contributed by atoms with E-state index in [1.54, 1.807) is 25.3 Å². The SMILES string of the molecule is COc1ccc(N(CC(=O)Nc2ccccc2C)C(C)=O)c(OC)c1. The highest BCUT2D eigenvalue weighted by molar-refractivity contribution is 6.02. The first-order valence-electron chi connectivity index (χ1n) is 7.82. The van der Waals surface area contributed by atoms with Crippen LogP contribution in [0.15, 0.2) is 42.5 Å². The van der Waals surface area contributed by atoms with E-state index in [0.29, 0.717) is 17.2 Å². The quantitative estimate of drug-likeness (QED) is 0.876. The number of hydrogen-bond donors (Lipinski definition) is 1. The Labute approximate surface area is 147 Å². The molecule has 0 aliphatic carbocycles. The van der Waals surface area contributed by atoms with Crippen LogP contribution in [0.2, 0.25) is 0 Å². The number of aryl methyl sites for hydroxylation is 1. The molecule has 2 aromatic rings. The number of benzene rings is 2. The van der Waals surface area contributed by atoms with Gasteiger partial charge in [0.25, 0.3) is 0 Å². The van der Waals surface area contributed by atoms with Gasteiger partial charge in [-0.3, -0.25) is 14.5 Å². The number of methoxy groups -OCH3 is 2. The summed E-state index contributed by atoms with van der Waals surface area (Å²) in [6.07, 6.45) is 0. The molecule has 2 aromatic carbocycles. The highest BCUT2D eigenvalue weighted by Gasteiger charge is 2.20. The van der Waals surface area contributed by atoms with Gasteiger partial charge in [-0.1, -0.05) is 18.2 Å². The van der Waals surface area contributed by atoms with E-state index in [1.807, 2.05) is 31.2 Å². The summed E-state index contributed by atoms with van der Waals surface area (Å²) in [5.74, 6) is 0.512. The van der Waals surface area contributed by atoms with E-state index in [9.17, 15) is 9.59 Å². The number of para-hydroxylation sites is 1. The molecule has 25 heavy (non-hydrogen) atoms. The molecule has 0 saturated heterocycles. The molecule has 0 bridgehead atoms. The van der Waals surface area contributed by atoms with Crippen molar-refractivity contribution in [3.63, 3.8) is 0 Å². The lowest BCUT2D eigenvalue weighted by Crippen LogP contribution is -2.37. The van der Waals surface area contributed by atoms with E-state index >= 15 is 0 Å². The molecule has 0 heterocycles. The standard InChI is InChI=1S/C19H22N2O4/c1-13-7-5-6-8-16(13)20-19(23)12-21(14(2)22)17-10-9-15(24-3)11-18(17)25-4/h5-11H,12H2,1-4H3,(H,20,23). The van der Waals surface area contributed by atoms with Gasteiger partial charge in [-0.15, -0.1) is 0 Å². The molecule has 2 amide bonds. The van der Waals surface area contributed by atoms with Crippen LogP contribution in [0.1, 0.15) is 12.5 Å². The van der Waals surface area contributed by atoms with E-state index in [0.717, 1.165) is 11.3 Å². The smallest absolute Gasteiger partial charge is 0.244 e. The van der Waals surface area contributed by atoms with Crippen LogP contribution in [-0.4, -0.2) is 32.6 Å². The minimum absolute atomic E-state index is 0.119. The zero-order valence-corrected chi connectivity index (χ0v) is 14.8. The van der Waals surface area contributed by atoms with Crippen molar-refractivity contribution in [2.45, 2.75) is 13.8 Å². The predicted molar refractivity (Wildman–Crippen MR) is 97.4 cm³/mol. The maximum Gasteiger partial charge on any atom is 0.244 e. The molecule has 0 unspecified atom stereocenters. The summed E-state index contributed by atoms with van der Waals surface area (Å²) < 4.78 is 10.5. The summed E-state index contributed by atoms with van der Waals surface area (Å²) >= 11 is 0. The van der Waals surface area contributed by atoms with Crippen molar-refractivity contribution >= 4 is 23.2 Å². The van der Waals surface area contributed by atoms with Crippen LogP contribution in [0.4, 0.5) is 11.4 Å². The van der Waals surface area contributed by atoms with Crippen LogP contribution in [0.5, 0.6) is 11.5 Å². The fourth-order valence-electron chi connectivity index (χ4n) is 2.42. The second kappa shape index (κ2) is 8.19. The van der Waals surface area contributed by atoms with Gasteiger partial charge in [0.1, 0.15) is 18.0 Å². The van der Waals surface area contributed by atoms with Gasteiger partial charge in [-0.2, -0.15) is 0 Å². The molecule has 6 heteroatoms. The van der Waals surface area contributed by atoms with Gasteiger partial charge >= 0.3 is 0 Å². The zero-order chi connectivity index (χ0) is 18.4. The number of ether oxygens (including phenoxy) is 2. The van der Waals surface area contributed by atoms with E-state index in [4.69, 9.17) is 9.47 Å². The third kappa shape index (κ3) is 4.50. The summed E-state index contributed by atoms with van der Waals surface area (Å²) in [7, 11) is 3.05. The van der Waals surface area contributed by atoms with Crippen molar-refractivity contribution in [3.05, 3.63) is 48.0 Å². The first-order valence-corrected chi connectivity index (χ1v) is 7.82. The van der Waals surface area contributed by atoms with E-state index in [1.165, 1.54) is 18.9 Å². The average Bonchev–Trinajstić information content (AvgIpc) is 2.61. The van der Waals surface area contributed by atoms with Crippen LogP contribution in [0.25, 0.3) is 0 Å². The molecular formula is C19H22N2O4. The Kier molecular flexibility index (Phi) is 6.00. The monoisotopic (exact) mass is 342 g/mol. The molecule has 0 radical (unpaired) electrons. The number of carbonyl (C=O) groups is 2. The van der Waals surface area contributed by atoms with Crippen molar-refractivity contribution < 1.29 is 19.1 Å². The van der Waals surface area contributed by atoms with Gasteiger partial charge in [0.2, 0.25) is 11.8 Å². The number of nitrogens with one attached hydrogen (secondary N) is 1. The van der Waals surface area contributed by atoms with Crippen LogP contribution in [0, 0.1) is 6.92 Å². The number of anilines is 2. The lowest BCUT2D eigenvalue weighted by molar-refractivity contribution is -0.120. The largest absolute Gasteiger partial charge is 0.497 e. The third-order valence-corrected chi connectivity index (χ3v) is 3.78. The van der Waals surface area contributed by atoms with Gasteiger partial charge < -0.3 is 14.8 Å². The average molecular weight is 342 g/mol. The Morgan fingerprint density at radius 1 is 1.08 bits per heavy atom. The number of nitrogens with zero attached hydrogens (tertiary/aromatic N) is 1. The molecule has 0 aliphatic rings. The minimum Gasteiger partial charge on any atom is -0.497 e. The lowest BCUT2D eigenvalue weighted by atomic mass is 10.2. The van der Waals surface area contributed by atoms with Gasteiger partial charge in [-0.05, 0) is 30.7 Å². The summed E-state index contributed by atoms with van der Waals surface area (Å²) in [6, 6.07) is 12.6. The Morgan fingerprint density at radius 2 is 1.80 bits per heavy atom. The van der Waals surface area contributed by atoms with Crippen molar-refractivity contribution in [3.8, 4) is 11.5 Å². The molecule has 0 aromatic heterocycles. The van der Waals surface area contributed by atoms with Crippen LogP contribution in [0.3, 0.4) is 0 Å². The van der Waals surface area contributed by atoms with Crippen LogP contribution >= 0.6 is 0 Å². The fraction of sp³-hybridized carbons (Fsp3) is 0.263. The van der Waals surface area contributed by atoms with Gasteiger partial charge in [0.15, 0.2) is 0 Å². The molecule has 0 atom stereocenters. The molecule has 0 fully saturated rings. The highest BCUT2D eigenvalue weighted by atomic mass is 16.5. The molecule has 6 nitrogen and oxygen atoms in total. The van der Waals surface area contributed by atoms with Crippen molar-refractivity contribution in [1.29, 1.82) is 0 Å². The summed E-state index contributed by atoms with van der Waals surface area (Å²) in [4.78, 5) is 25.9. The maximum atomic E-state index is 12.4. The third-order valence-electron chi connectivity index (χ3n) is 3.78. The Bertz CT molecular complexity index is 774. The number of amides is 2. The van der Waals surface area contributed by atoms with E-state index < -0.39 is 0 Å². The van der Waals surface area contributed by atoms with Crippen molar-refractivity contribution in [2.24, 2.45) is 0 Å². The minimum atomic E-state index is -0.289. The second-order valence-electron chi connectivity index (χ2n) is 5.51. The van der Waals surface area contributed by atoms with Crippen molar-refractivity contribution in [2.75, 3.05) is 31.0 Å². The number of carbonyl (C=O) groups excluding carboxylic acids is 2. The Morgan fingerprint density at radius 3 is 2.40 bits per heavy atom. The van der Waals surface area contributed by atoms with Gasteiger partial charge in [0.05, 0.1) is 19.9 Å². The first kappa shape index (κ1) is 18.3. The molecule has 132 valence electrons. The van der Waals surface area contributed by atoms with Gasteiger partial charge in [0, 0.05) is 18.7 Å². The Balaban J connectivity index is 2.23. The number of hydrogen-bond acceptors (Lipinski definition) is 4. The molecule has 1 N–H and O–H groups in total. The molecule has 0 spiro atoms. The van der Waals surface area contributed by atoms with Crippen molar-refractivity contribution in [1.82, 2.24) is 0 Å². The maximum absolute atomic E-state index is 12.4. The topological polar surface area (TPSA) is 67.9 Å². The summed E-state index contributed by atoms with van der Waals surface area (Å²) in [5.41, 5.74) is 2.18. The molecular weight excluding hydrogens is 320 g/mol. The normalized spacial score (nSPS) is 10.1. The lowest BCUT2D eigenvalue weighted by Gasteiger charge is -2.23. The molecule has 2 rings (SSSR count). The van der Waals surface area contributed by atoms with Crippen LogP contribution < -0.4 is 19.7 Å². The zero-order valence-electron chi connectivity index (χ0n) is 14.8. The molecule has 0 aliphatic heterocycles. The van der Waals surface area contributed by atoms with E-state index in [-0.39, 0.29) is 18.4 Å².